The number of carbonyl (C=O) groups excluding carboxylic acids is 1. The molecule has 1 aromatic heterocycles. The van der Waals surface area contributed by atoms with E-state index in [1.807, 2.05) is 0 Å². The molecule has 21 heavy (non-hydrogen) atoms. The predicted molar refractivity (Wildman–Crippen MR) is 82.9 cm³/mol. The average Bonchev–Trinajstić information content (AvgIpc) is 2.88. The first-order chi connectivity index (χ1) is 9.95. The quantitative estimate of drug-likeness (QED) is 0.848. The van der Waals surface area contributed by atoms with Crippen LogP contribution in [-0.2, 0) is 16.8 Å². The molecule has 0 bridgehead atoms. The van der Waals surface area contributed by atoms with E-state index in [-0.39, 0.29) is 17.9 Å². The van der Waals surface area contributed by atoms with E-state index in [0.29, 0.717) is 6.54 Å². The molecule has 0 saturated carbocycles. The van der Waals surface area contributed by atoms with E-state index in [2.05, 4.69) is 42.2 Å². The van der Waals surface area contributed by atoms with E-state index in [1.54, 1.807) is 11.0 Å². The molecular formula is C16H26N4O. The molecule has 1 aliphatic carbocycles. The molecule has 1 heterocycles. The third kappa shape index (κ3) is 4.99. The van der Waals surface area contributed by atoms with Gasteiger partial charge in [0.15, 0.2) is 5.82 Å². The minimum absolute atomic E-state index is 0.00299. The van der Waals surface area contributed by atoms with Crippen molar-refractivity contribution in [1.29, 1.82) is 0 Å². The Kier molecular flexibility index (Phi) is 5.15. The molecule has 0 spiro atoms. The zero-order valence-corrected chi connectivity index (χ0v) is 13.4. The second kappa shape index (κ2) is 6.87. The number of carbonyl (C=O) groups is 1. The van der Waals surface area contributed by atoms with Crippen molar-refractivity contribution in [3.05, 3.63) is 23.8 Å². The molecule has 2 rings (SSSR count). The summed E-state index contributed by atoms with van der Waals surface area (Å²) in [7, 11) is 0. The SMILES string of the molecule is CC(C)(C)c1ncn(CC(=O)NCCC2=CCCCC2)n1. The molecule has 1 amide bonds. The van der Waals surface area contributed by atoms with Gasteiger partial charge in [-0.2, -0.15) is 5.10 Å². The number of rotatable bonds is 5. The summed E-state index contributed by atoms with van der Waals surface area (Å²) in [6.45, 7) is 7.13. The maximum Gasteiger partial charge on any atom is 0.241 e. The van der Waals surface area contributed by atoms with E-state index in [1.165, 1.54) is 31.3 Å². The van der Waals surface area contributed by atoms with Crippen LogP contribution in [0.15, 0.2) is 18.0 Å². The van der Waals surface area contributed by atoms with E-state index in [9.17, 15) is 4.79 Å². The van der Waals surface area contributed by atoms with Gasteiger partial charge in [0, 0.05) is 12.0 Å². The van der Waals surface area contributed by atoms with Gasteiger partial charge in [-0.1, -0.05) is 32.4 Å². The van der Waals surface area contributed by atoms with Crippen molar-refractivity contribution >= 4 is 5.91 Å². The Morgan fingerprint density at radius 2 is 2.19 bits per heavy atom. The summed E-state index contributed by atoms with van der Waals surface area (Å²) in [6.07, 6.45) is 9.89. The van der Waals surface area contributed by atoms with Gasteiger partial charge >= 0.3 is 0 Å². The minimum Gasteiger partial charge on any atom is -0.354 e. The fourth-order valence-corrected chi connectivity index (χ4v) is 2.41. The van der Waals surface area contributed by atoms with Crippen molar-refractivity contribution in [2.75, 3.05) is 6.54 Å². The standard InChI is InChI=1S/C16H26N4O/c1-16(2,3)15-18-12-20(19-15)11-14(21)17-10-9-13-7-5-4-6-8-13/h7,12H,4-6,8-11H2,1-3H3,(H,17,21). The van der Waals surface area contributed by atoms with Crippen LogP contribution in [0.2, 0.25) is 0 Å². The molecule has 0 fully saturated rings. The average molecular weight is 290 g/mol. The third-order valence-corrected chi connectivity index (χ3v) is 3.67. The first-order valence-electron chi connectivity index (χ1n) is 7.80. The van der Waals surface area contributed by atoms with Gasteiger partial charge in [0.2, 0.25) is 5.91 Å². The van der Waals surface area contributed by atoms with Crippen LogP contribution in [0.3, 0.4) is 0 Å². The molecule has 1 aliphatic rings. The highest BCUT2D eigenvalue weighted by atomic mass is 16.2. The summed E-state index contributed by atoms with van der Waals surface area (Å²) >= 11 is 0. The molecule has 1 aromatic rings. The van der Waals surface area contributed by atoms with Crippen LogP contribution >= 0.6 is 0 Å². The zero-order chi connectivity index (χ0) is 15.3. The highest BCUT2D eigenvalue weighted by Gasteiger charge is 2.19. The maximum atomic E-state index is 11.9. The van der Waals surface area contributed by atoms with Gasteiger partial charge in [0.25, 0.3) is 0 Å². The third-order valence-electron chi connectivity index (χ3n) is 3.67. The van der Waals surface area contributed by atoms with Crippen molar-refractivity contribution in [3.8, 4) is 0 Å². The molecular weight excluding hydrogens is 264 g/mol. The minimum atomic E-state index is -0.0881. The van der Waals surface area contributed by atoms with E-state index in [0.717, 1.165) is 12.2 Å². The highest BCUT2D eigenvalue weighted by Crippen LogP contribution is 2.19. The Morgan fingerprint density at radius 1 is 1.38 bits per heavy atom. The van der Waals surface area contributed by atoms with E-state index >= 15 is 0 Å². The molecule has 0 atom stereocenters. The summed E-state index contributed by atoms with van der Waals surface area (Å²) in [6, 6.07) is 0. The molecule has 116 valence electrons. The highest BCUT2D eigenvalue weighted by molar-refractivity contribution is 5.75. The van der Waals surface area contributed by atoms with Crippen LogP contribution in [0.1, 0.15) is 58.7 Å². The molecule has 0 aromatic carbocycles. The van der Waals surface area contributed by atoms with Crippen LogP contribution in [0.25, 0.3) is 0 Å². The van der Waals surface area contributed by atoms with Crippen molar-refractivity contribution in [3.63, 3.8) is 0 Å². The summed E-state index contributed by atoms with van der Waals surface area (Å²) in [5.74, 6) is 0.763. The van der Waals surface area contributed by atoms with Gasteiger partial charge in [-0.15, -0.1) is 0 Å². The Morgan fingerprint density at radius 3 is 2.81 bits per heavy atom. The summed E-state index contributed by atoms with van der Waals surface area (Å²) in [4.78, 5) is 16.2. The molecule has 5 nitrogen and oxygen atoms in total. The van der Waals surface area contributed by atoms with E-state index in [4.69, 9.17) is 0 Å². The van der Waals surface area contributed by atoms with Crippen LogP contribution < -0.4 is 5.32 Å². The molecule has 0 aliphatic heterocycles. The number of hydrogen-bond acceptors (Lipinski definition) is 3. The lowest BCUT2D eigenvalue weighted by Crippen LogP contribution is -2.29. The lowest BCUT2D eigenvalue weighted by atomic mass is 9.96. The summed E-state index contributed by atoms with van der Waals surface area (Å²) < 4.78 is 1.61. The first-order valence-corrected chi connectivity index (χ1v) is 7.80. The summed E-state index contributed by atoms with van der Waals surface area (Å²) in [5.41, 5.74) is 1.40. The second-order valence-corrected chi connectivity index (χ2v) is 6.72. The Labute approximate surface area is 126 Å². The van der Waals surface area contributed by atoms with Gasteiger partial charge in [-0.25, -0.2) is 9.67 Å². The van der Waals surface area contributed by atoms with Gasteiger partial charge < -0.3 is 5.32 Å². The van der Waals surface area contributed by atoms with Crippen molar-refractivity contribution in [1.82, 2.24) is 20.1 Å². The second-order valence-electron chi connectivity index (χ2n) is 6.72. The molecule has 5 heteroatoms. The number of hydrogen-bond donors (Lipinski definition) is 1. The smallest absolute Gasteiger partial charge is 0.241 e. The van der Waals surface area contributed by atoms with E-state index < -0.39 is 0 Å². The molecule has 0 unspecified atom stereocenters. The lowest BCUT2D eigenvalue weighted by Gasteiger charge is -2.13. The lowest BCUT2D eigenvalue weighted by molar-refractivity contribution is -0.121. The predicted octanol–water partition coefficient (Wildman–Crippen LogP) is 2.58. The van der Waals surface area contributed by atoms with Crippen LogP contribution in [0, 0.1) is 0 Å². The molecule has 1 N–H and O–H groups in total. The fraction of sp³-hybridized carbons (Fsp3) is 0.688. The Balaban J connectivity index is 1.74. The van der Waals surface area contributed by atoms with Crippen molar-refractivity contribution in [2.45, 2.75) is 64.8 Å². The summed E-state index contributed by atoms with van der Waals surface area (Å²) in [5, 5.41) is 7.31. The van der Waals surface area contributed by atoms with Gasteiger partial charge in [-0.3, -0.25) is 4.79 Å². The van der Waals surface area contributed by atoms with Crippen LogP contribution in [0.4, 0.5) is 0 Å². The van der Waals surface area contributed by atoms with Gasteiger partial charge in [0.1, 0.15) is 12.9 Å². The normalized spacial score (nSPS) is 15.7. The molecule has 0 saturated heterocycles. The number of nitrogens with one attached hydrogen (secondary N) is 1. The fourth-order valence-electron chi connectivity index (χ4n) is 2.41. The van der Waals surface area contributed by atoms with Crippen LogP contribution in [-0.4, -0.2) is 27.2 Å². The van der Waals surface area contributed by atoms with Crippen molar-refractivity contribution < 1.29 is 4.79 Å². The monoisotopic (exact) mass is 290 g/mol. The van der Waals surface area contributed by atoms with Gasteiger partial charge in [0.05, 0.1) is 0 Å². The zero-order valence-electron chi connectivity index (χ0n) is 13.4. The topological polar surface area (TPSA) is 59.8 Å². The molecule has 0 radical (unpaired) electrons. The van der Waals surface area contributed by atoms with Crippen LogP contribution in [0.5, 0.6) is 0 Å². The largest absolute Gasteiger partial charge is 0.354 e. The Bertz CT molecular complexity index is 511. The number of amides is 1. The number of aromatic nitrogens is 3. The Hall–Kier alpha value is -1.65. The maximum absolute atomic E-state index is 11.9. The van der Waals surface area contributed by atoms with Crippen molar-refractivity contribution in [2.24, 2.45) is 0 Å². The number of nitrogens with zero attached hydrogens (tertiary/aromatic N) is 3. The number of allylic oxidation sites excluding steroid dienone is 1. The van der Waals surface area contributed by atoms with Gasteiger partial charge in [-0.05, 0) is 32.1 Å². The first kappa shape index (κ1) is 15.7.